The molecule has 0 radical (unpaired) electrons. The van der Waals surface area contributed by atoms with Crippen LogP contribution in [0, 0.1) is 5.92 Å². The van der Waals surface area contributed by atoms with E-state index >= 15 is 0 Å². The number of rotatable bonds is 6. The predicted molar refractivity (Wildman–Crippen MR) is 84.9 cm³/mol. The Morgan fingerprint density at radius 2 is 2.18 bits per heavy atom. The summed E-state index contributed by atoms with van der Waals surface area (Å²) in [5.74, 6) is 0.668. The highest BCUT2D eigenvalue weighted by atomic mass is 16.6. The second-order valence-corrected chi connectivity index (χ2v) is 6.26. The van der Waals surface area contributed by atoms with E-state index < -0.39 is 0 Å². The van der Waals surface area contributed by atoms with E-state index in [0.717, 1.165) is 38.0 Å². The molecular formula is C17H25N3O2. The van der Waals surface area contributed by atoms with Crippen LogP contribution in [0.1, 0.15) is 25.3 Å². The molecule has 1 amide bonds. The molecule has 2 N–H and O–H groups in total. The van der Waals surface area contributed by atoms with Gasteiger partial charge >= 0.3 is 0 Å². The molecule has 0 aliphatic carbocycles. The van der Waals surface area contributed by atoms with E-state index in [9.17, 15) is 4.79 Å². The van der Waals surface area contributed by atoms with Crippen LogP contribution in [0.3, 0.4) is 0 Å². The van der Waals surface area contributed by atoms with Crippen LogP contribution in [0.4, 0.5) is 0 Å². The molecule has 3 atom stereocenters. The number of fused-ring (bicyclic) bond motifs is 1. The maximum absolute atomic E-state index is 12.2. The minimum Gasteiger partial charge on any atom is -0.341 e. The summed E-state index contributed by atoms with van der Waals surface area (Å²) in [6, 6.07) is 10.4. The topological polar surface area (TPSA) is 53.6 Å². The smallest absolute Gasteiger partial charge is 0.240 e. The summed E-state index contributed by atoms with van der Waals surface area (Å²) in [6.45, 7) is 5.20. The Kier molecular flexibility index (Phi) is 5.08. The lowest BCUT2D eigenvalue weighted by molar-refractivity contribution is -0.129. The number of benzene rings is 1. The lowest BCUT2D eigenvalue weighted by Crippen LogP contribution is -2.53. The van der Waals surface area contributed by atoms with Crippen molar-refractivity contribution in [2.24, 2.45) is 5.92 Å². The van der Waals surface area contributed by atoms with Crippen molar-refractivity contribution in [3.8, 4) is 0 Å². The number of amides is 1. The zero-order valence-corrected chi connectivity index (χ0v) is 13.1. The van der Waals surface area contributed by atoms with Crippen molar-refractivity contribution >= 4 is 5.91 Å². The van der Waals surface area contributed by atoms with Gasteiger partial charge in [-0.3, -0.25) is 9.63 Å². The first-order valence-electron chi connectivity index (χ1n) is 8.21. The fraction of sp³-hybridized carbons (Fsp3) is 0.588. The average Bonchev–Trinajstić information content (AvgIpc) is 2.85. The highest BCUT2D eigenvalue weighted by Gasteiger charge is 2.43. The van der Waals surface area contributed by atoms with Gasteiger partial charge in [-0.2, -0.15) is 5.48 Å². The number of likely N-dealkylation sites (tertiary alicyclic amines) is 1. The van der Waals surface area contributed by atoms with Gasteiger partial charge in [0.15, 0.2) is 0 Å². The molecule has 2 aliphatic rings. The Morgan fingerprint density at radius 3 is 2.95 bits per heavy atom. The summed E-state index contributed by atoms with van der Waals surface area (Å²) in [6.07, 6.45) is 2.01. The number of nitrogens with one attached hydrogen (secondary N) is 2. The van der Waals surface area contributed by atoms with Crippen LogP contribution >= 0.6 is 0 Å². The minimum absolute atomic E-state index is 0.0127. The predicted octanol–water partition coefficient (Wildman–Crippen LogP) is 1.31. The average molecular weight is 303 g/mol. The molecule has 0 spiro atoms. The fourth-order valence-corrected chi connectivity index (χ4v) is 3.44. The van der Waals surface area contributed by atoms with Gasteiger partial charge in [0.25, 0.3) is 0 Å². The van der Waals surface area contributed by atoms with Gasteiger partial charge in [0.1, 0.15) is 0 Å². The summed E-state index contributed by atoms with van der Waals surface area (Å²) >= 11 is 0. The van der Waals surface area contributed by atoms with E-state index in [1.54, 1.807) is 0 Å². The largest absolute Gasteiger partial charge is 0.341 e. The van der Waals surface area contributed by atoms with Crippen LogP contribution in [0.25, 0.3) is 0 Å². The number of nitrogens with zero attached hydrogens (tertiary/aromatic N) is 1. The fourth-order valence-electron chi connectivity index (χ4n) is 3.44. The lowest BCUT2D eigenvalue weighted by Gasteiger charge is -2.31. The van der Waals surface area contributed by atoms with Crippen molar-refractivity contribution < 1.29 is 9.63 Å². The molecule has 2 aliphatic heterocycles. The zero-order valence-electron chi connectivity index (χ0n) is 13.1. The van der Waals surface area contributed by atoms with E-state index in [-0.39, 0.29) is 18.0 Å². The SMILES string of the molecule is CCCN1C[C@@H]2C[C@@H](NOCc3ccccc3)CN[C@@H]2C1=O. The summed E-state index contributed by atoms with van der Waals surface area (Å²) in [5.41, 5.74) is 4.31. The van der Waals surface area contributed by atoms with E-state index in [1.165, 1.54) is 0 Å². The summed E-state index contributed by atoms with van der Waals surface area (Å²) in [7, 11) is 0. The number of hydrogen-bond acceptors (Lipinski definition) is 4. The van der Waals surface area contributed by atoms with Crippen molar-refractivity contribution in [1.29, 1.82) is 0 Å². The first-order valence-corrected chi connectivity index (χ1v) is 8.21. The van der Waals surface area contributed by atoms with Crippen LogP contribution in [-0.4, -0.2) is 42.5 Å². The van der Waals surface area contributed by atoms with Crippen LogP contribution in [0.2, 0.25) is 0 Å². The lowest BCUT2D eigenvalue weighted by atomic mass is 9.91. The second kappa shape index (κ2) is 7.22. The first kappa shape index (κ1) is 15.5. The van der Waals surface area contributed by atoms with E-state index in [0.29, 0.717) is 12.5 Å². The third-order valence-electron chi connectivity index (χ3n) is 4.50. The monoisotopic (exact) mass is 303 g/mol. The quantitative estimate of drug-likeness (QED) is 0.778. The number of carbonyl (C=O) groups excluding carboxylic acids is 1. The molecule has 0 saturated carbocycles. The van der Waals surface area contributed by atoms with Crippen molar-refractivity contribution in [2.45, 2.75) is 38.5 Å². The van der Waals surface area contributed by atoms with Gasteiger partial charge in [-0.05, 0) is 18.4 Å². The molecule has 5 heteroatoms. The molecule has 1 aromatic carbocycles. The van der Waals surface area contributed by atoms with E-state index in [2.05, 4.69) is 29.9 Å². The van der Waals surface area contributed by atoms with Crippen LogP contribution in [-0.2, 0) is 16.2 Å². The highest BCUT2D eigenvalue weighted by molar-refractivity contribution is 5.84. The van der Waals surface area contributed by atoms with Crippen molar-refractivity contribution in [2.75, 3.05) is 19.6 Å². The molecular weight excluding hydrogens is 278 g/mol. The molecule has 5 nitrogen and oxygen atoms in total. The third kappa shape index (κ3) is 3.48. The maximum atomic E-state index is 12.2. The van der Waals surface area contributed by atoms with Crippen molar-refractivity contribution in [1.82, 2.24) is 15.7 Å². The molecule has 120 valence electrons. The Hall–Kier alpha value is -1.43. The Labute approximate surface area is 132 Å². The van der Waals surface area contributed by atoms with Gasteiger partial charge in [0.05, 0.1) is 12.6 Å². The molecule has 0 bridgehead atoms. The Morgan fingerprint density at radius 1 is 1.36 bits per heavy atom. The van der Waals surface area contributed by atoms with Gasteiger partial charge in [0.2, 0.25) is 5.91 Å². The molecule has 2 saturated heterocycles. The van der Waals surface area contributed by atoms with Gasteiger partial charge in [-0.1, -0.05) is 37.3 Å². The molecule has 22 heavy (non-hydrogen) atoms. The standard InChI is InChI=1S/C17H25N3O2/c1-2-8-20-11-14-9-15(10-18-16(14)17(20)21)19-22-12-13-6-4-3-5-7-13/h3-7,14-16,18-19H,2,8-12H2,1H3/t14-,15+,16-/m0/s1. The third-order valence-corrected chi connectivity index (χ3v) is 4.50. The van der Waals surface area contributed by atoms with Crippen LogP contribution < -0.4 is 10.8 Å². The molecule has 1 aromatic rings. The van der Waals surface area contributed by atoms with Gasteiger partial charge < -0.3 is 10.2 Å². The number of hydrogen-bond donors (Lipinski definition) is 2. The molecule has 2 fully saturated rings. The van der Waals surface area contributed by atoms with E-state index in [4.69, 9.17) is 4.84 Å². The number of piperidine rings is 1. The minimum atomic E-state index is 0.0127. The van der Waals surface area contributed by atoms with Gasteiger partial charge in [0, 0.05) is 31.6 Å². The Bertz CT molecular complexity index is 494. The normalized spacial score (nSPS) is 28.0. The van der Waals surface area contributed by atoms with E-state index in [1.807, 2.05) is 23.1 Å². The summed E-state index contributed by atoms with van der Waals surface area (Å²) < 4.78 is 0. The first-order chi connectivity index (χ1) is 10.8. The summed E-state index contributed by atoms with van der Waals surface area (Å²) in [5, 5.41) is 3.38. The highest BCUT2D eigenvalue weighted by Crippen LogP contribution is 2.26. The second-order valence-electron chi connectivity index (χ2n) is 6.26. The number of hydroxylamine groups is 1. The Balaban J connectivity index is 1.45. The molecule has 3 rings (SSSR count). The van der Waals surface area contributed by atoms with Gasteiger partial charge in [-0.15, -0.1) is 0 Å². The van der Waals surface area contributed by atoms with Crippen molar-refractivity contribution in [3.63, 3.8) is 0 Å². The number of carbonyl (C=O) groups is 1. The van der Waals surface area contributed by atoms with Crippen molar-refractivity contribution in [3.05, 3.63) is 35.9 Å². The zero-order chi connectivity index (χ0) is 15.4. The van der Waals surface area contributed by atoms with Crippen LogP contribution in [0.5, 0.6) is 0 Å². The molecule has 0 aromatic heterocycles. The molecule has 0 unspecified atom stereocenters. The molecule has 2 heterocycles. The summed E-state index contributed by atoms with van der Waals surface area (Å²) in [4.78, 5) is 19.9. The van der Waals surface area contributed by atoms with Gasteiger partial charge in [-0.25, -0.2) is 0 Å². The van der Waals surface area contributed by atoms with Crippen LogP contribution in [0.15, 0.2) is 30.3 Å². The maximum Gasteiger partial charge on any atom is 0.240 e.